The highest BCUT2D eigenvalue weighted by atomic mass is 32.2. The van der Waals surface area contributed by atoms with E-state index in [1.54, 1.807) is 24.4 Å². The number of amidine groups is 1. The molecule has 1 aromatic heterocycles. The predicted octanol–water partition coefficient (Wildman–Crippen LogP) is 3.95. The van der Waals surface area contributed by atoms with Crippen LogP contribution >= 0.6 is 0 Å². The second-order valence-electron chi connectivity index (χ2n) is 9.16. The van der Waals surface area contributed by atoms with Gasteiger partial charge in [-0.25, -0.2) is 17.9 Å². The van der Waals surface area contributed by atoms with Crippen molar-refractivity contribution in [1.29, 1.82) is 0 Å². The number of para-hydroxylation sites is 1. The molecule has 37 heavy (non-hydrogen) atoms. The van der Waals surface area contributed by atoms with Gasteiger partial charge in [-0.2, -0.15) is 0 Å². The molecular formula is C26H30FN5O4S. The Bertz CT molecular complexity index is 1450. The number of ether oxygens (including phenoxy) is 1. The number of oxime groups is 1. The molecule has 0 spiro atoms. The molecule has 2 aromatic carbocycles. The summed E-state index contributed by atoms with van der Waals surface area (Å²) >= 11 is 0. The Morgan fingerprint density at radius 1 is 1.19 bits per heavy atom. The van der Waals surface area contributed by atoms with Crippen LogP contribution in [0, 0.1) is 11.7 Å². The number of primary sulfonamides is 1. The fourth-order valence-electron chi connectivity index (χ4n) is 4.03. The number of sulfonamides is 1. The van der Waals surface area contributed by atoms with Gasteiger partial charge in [0.2, 0.25) is 15.9 Å². The van der Waals surface area contributed by atoms with E-state index in [0.717, 1.165) is 24.3 Å². The monoisotopic (exact) mass is 527 g/mol. The Balaban J connectivity index is 1.50. The lowest BCUT2D eigenvalue weighted by atomic mass is 10.0. The van der Waals surface area contributed by atoms with E-state index >= 15 is 0 Å². The zero-order chi connectivity index (χ0) is 26.7. The summed E-state index contributed by atoms with van der Waals surface area (Å²) < 4.78 is 44.4. The molecule has 1 saturated heterocycles. The Labute approximate surface area is 215 Å². The van der Waals surface area contributed by atoms with Gasteiger partial charge in [0.15, 0.2) is 0 Å². The SMILES string of the molecule is C=C(O/N=C(\N)C(C)C)N1CCC(Oc2ccnc3c(-c4ccc(S(N)(=O)=O)cc4F)cccc23)CC1. The Morgan fingerprint density at radius 3 is 2.57 bits per heavy atom. The van der Waals surface area contributed by atoms with Crippen molar-refractivity contribution in [3.8, 4) is 16.9 Å². The average Bonchev–Trinajstić information content (AvgIpc) is 2.87. The molecule has 0 amide bonds. The van der Waals surface area contributed by atoms with Gasteiger partial charge in [0, 0.05) is 54.6 Å². The summed E-state index contributed by atoms with van der Waals surface area (Å²) in [6, 6.07) is 10.7. The van der Waals surface area contributed by atoms with Crippen molar-refractivity contribution >= 4 is 26.8 Å². The molecule has 11 heteroatoms. The lowest BCUT2D eigenvalue weighted by Crippen LogP contribution is -2.38. The molecule has 3 aromatic rings. The fourth-order valence-corrected chi connectivity index (χ4v) is 4.56. The van der Waals surface area contributed by atoms with Gasteiger partial charge in [0.1, 0.15) is 23.5 Å². The van der Waals surface area contributed by atoms with Gasteiger partial charge in [0.05, 0.1) is 10.4 Å². The van der Waals surface area contributed by atoms with Gasteiger partial charge in [0.25, 0.3) is 0 Å². The first-order valence-electron chi connectivity index (χ1n) is 11.9. The van der Waals surface area contributed by atoms with E-state index in [1.807, 2.05) is 24.8 Å². The summed E-state index contributed by atoms with van der Waals surface area (Å²) in [5.74, 6) is 0.860. The number of rotatable bonds is 8. The van der Waals surface area contributed by atoms with Crippen molar-refractivity contribution < 1.29 is 22.4 Å². The first kappa shape index (κ1) is 26.4. The molecule has 0 aliphatic carbocycles. The number of hydrogen-bond acceptors (Lipinski definition) is 7. The van der Waals surface area contributed by atoms with Gasteiger partial charge < -0.3 is 20.2 Å². The van der Waals surface area contributed by atoms with Gasteiger partial charge in [-0.3, -0.25) is 4.98 Å². The van der Waals surface area contributed by atoms with Crippen molar-refractivity contribution in [2.45, 2.75) is 37.7 Å². The molecule has 4 rings (SSSR count). The smallest absolute Gasteiger partial charge is 0.238 e. The Morgan fingerprint density at radius 2 is 1.92 bits per heavy atom. The Kier molecular flexibility index (Phi) is 7.65. The Hall–Kier alpha value is -3.70. The molecule has 4 N–H and O–H groups in total. The van der Waals surface area contributed by atoms with Crippen molar-refractivity contribution in [2.24, 2.45) is 21.9 Å². The van der Waals surface area contributed by atoms with Crippen LogP contribution in [-0.2, 0) is 14.9 Å². The van der Waals surface area contributed by atoms with Crippen molar-refractivity contribution in [2.75, 3.05) is 13.1 Å². The highest BCUT2D eigenvalue weighted by molar-refractivity contribution is 7.89. The van der Waals surface area contributed by atoms with Gasteiger partial charge in [-0.15, -0.1) is 0 Å². The maximum Gasteiger partial charge on any atom is 0.238 e. The van der Waals surface area contributed by atoms with Crippen LogP contribution in [0.15, 0.2) is 71.2 Å². The molecule has 2 heterocycles. The third-order valence-electron chi connectivity index (χ3n) is 6.23. The third-order valence-corrected chi connectivity index (χ3v) is 7.14. The zero-order valence-electron chi connectivity index (χ0n) is 20.7. The van der Waals surface area contributed by atoms with Gasteiger partial charge in [-0.05, 0) is 30.8 Å². The number of benzene rings is 2. The van der Waals surface area contributed by atoms with Gasteiger partial charge in [-0.1, -0.05) is 37.2 Å². The molecule has 1 aliphatic heterocycles. The maximum atomic E-state index is 14.9. The van der Waals surface area contributed by atoms with Crippen LogP contribution in [0.1, 0.15) is 26.7 Å². The van der Waals surface area contributed by atoms with E-state index in [4.69, 9.17) is 20.4 Å². The second-order valence-corrected chi connectivity index (χ2v) is 10.7. The van der Waals surface area contributed by atoms with E-state index in [2.05, 4.69) is 16.7 Å². The van der Waals surface area contributed by atoms with Crippen LogP contribution in [0.25, 0.3) is 22.0 Å². The standard InChI is InChI=1S/C26H30FN5O4S/c1-16(2)26(28)31-36-17(3)32-13-10-18(11-14-32)35-24-9-12-30-25-21(5-4-6-22(24)25)20-8-7-19(15-23(20)27)37(29,33)34/h4-9,12,15-16,18H,3,10-11,13-14H2,1-2H3,(H2,28,31)(H2,29,33,34). The minimum Gasteiger partial charge on any atom is -0.490 e. The van der Waals surface area contributed by atoms with Crippen LogP contribution in [0.5, 0.6) is 5.75 Å². The van der Waals surface area contributed by atoms with Crippen LogP contribution in [-0.4, -0.2) is 43.3 Å². The molecule has 0 unspecified atom stereocenters. The maximum absolute atomic E-state index is 14.9. The lowest BCUT2D eigenvalue weighted by Gasteiger charge is -2.33. The van der Waals surface area contributed by atoms with E-state index in [0.29, 0.717) is 41.6 Å². The lowest BCUT2D eigenvalue weighted by molar-refractivity contribution is 0.0633. The first-order valence-corrected chi connectivity index (χ1v) is 13.4. The topological polar surface area (TPSA) is 133 Å². The number of pyridine rings is 1. The minimum atomic E-state index is -4.01. The summed E-state index contributed by atoms with van der Waals surface area (Å²) in [7, 11) is -4.01. The average molecular weight is 528 g/mol. The quantitative estimate of drug-likeness (QED) is 0.196. The summed E-state index contributed by atoms with van der Waals surface area (Å²) in [5.41, 5.74) is 7.10. The number of hydrogen-bond donors (Lipinski definition) is 2. The van der Waals surface area contributed by atoms with E-state index < -0.39 is 15.8 Å². The summed E-state index contributed by atoms with van der Waals surface area (Å²) in [5, 5.41) is 9.78. The molecule has 0 saturated carbocycles. The van der Waals surface area contributed by atoms with Gasteiger partial charge >= 0.3 is 0 Å². The minimum absolute atomic E-state index is 0.0479. The molecule has 0 bridgehead atoms. The molecule has 0 radical (unpaired) electrons. The van der Waals surface area contributed by atoms with E-state index in [1.165, 1.54) is 12.1 Å². The van der Waals surface area contributed by atoms with Crippen molar-refractivity contribution in [3.63, 3.8) is 0 Å². The van der Waals surface area contributed by atoms with Crippen molar-refractivity contribution in [1.82, 2.24) is 9.88 Å². The number of likely N-dealkylation sites (tertiary alicyclic amines) is 1. The zero-order valence-corrected chi connectivity index (χ0v) is 21.5. The summed E-state index contributed by atoms with van der Waals surface area (Å²) in [6.45, 7) is 9.16. The van der Waals surface area contributed by atoms with Crippen molar-refractivity contribution in [3.05, 3.63) is 66.9 Å². The molecule has 1 fully saturated rings. The number of nitrogens with zero attached hydrogens (tertiary/aromatic N) is 3. The van der Waals surface area contributed by atoms with Crippen LogP contribution < -0.4 is 15.6 Å². The largest absolute Gasteiger partial charge is 0.490 e. The highest BCUT2D eigenvalue weighted by Crippen LogP contribution is 2.35. The third kappa shape index (κ3) is 6.00. The molecule has 9 nitrogen and oxygen atoms in total. The van der Waals surface area contributed by atoms with E-state index in [9.17, 15) is 12.8 Å². The molecule has 196 valence electrons. The normalized spacial score (nSPS) is 15.3. The summed E-state index contributed by atoms with van der Waals surface area (Å²) in [4.78, 5) is 11.5. The molecular weight excluding hydrogens is 497 g/mol. The number of fused-ring (bicyclic) bond motifs is 1. The molecule has 0 atom stereocenters. The van der Waals surface area contributed by atoms with Crippen LogP contribution in [0.2, 0.25) is 0 Å². The number of aromatic nitrogens is 1. The number of nitrogens with two attached hydrogens (primary N) is 2. The highest BCUT2D eigenvalue weighted by Gasteiger charge is 2.24. The molecule has 1 aliphatic rings. The van der Waals surface area contributed by atoms with E-state index in [-0.39, 0.29) is 22.5 Å². The van der Waals surface area contributed by atoms with Crippen LogP contribution in [0.4, 0.5) is 4.39 Å². The predicted molar refractivity (Wildman–Crippen MR) is 140 cm³/mol. The summed E-state index contributed by atoms with van der Waals surface area (Å²) in [6.07, 6.45) is 3.03. The fraction of sp³-hybridized carbons (Fsp3) is 0.308. The first-order chi connectivity index (χ1) is 17.5. The number of piperidine rings is 1. The second kappa shape index (κ2) is 10.7. The number of halogens is 1. The van der Waals surface area contributed by atoms with Crippen LogP contribution in [0.3, 0.4) is 0 Å².